The van der Waals surface area contributed by atoms with Crippen molar-refractivity contribution in [2.45, 2.75) is 6.92 Å². The molecule has 0 saturated heterocycles. The molecule has 0 N–H and O–H groups in total. The van der Waals surface area contributed by atoms with E-state index in [1.165, 1.54) is 7.11 Å². The number of esters is 1. The molecular weight excluding hydrogens is 341 g/mol. The van der Waals surface area contributed by atoms with Crippen molar-refractivity contribution < 1.29 is 9.53 Å². The van der Waals surface area contributed by atoms with Crippen LogP contribution in [0.15, 0.2) is 78.9 Å². The lowest BCUT2D eigenvalue weighted by molar-refractivity contribution is 0.0602. The molecule has 26 heavy (non-hydrogen) atoms. The number of carbonyl (C=O) groups is 1. The zero-order valence-electron chi connectivity index (χ0n) is 15.2. The minimum atomic E-state index is -2.34. The number of hydrogen-bond donors (Lipinski definition) is 0. The Kier molecular flexibility index (Phi) is 5.51. The largest absolute Gasteiger partial charge is 0.479 e. The fourth-order valence-electron chi connectivity index (χ4n) is 3.25. The molecular formula is C22H22NO2P. The molecule has 0 bridgehead atoms. The Labute approximate surface area is 155 Å². The van der Waals surface area contributed by atoms with E-state index in [1.807, 2.05) is 62.5 Å². The summed E-state index contributed by atoms with van der Waals surface area (Å²) in [4.78, 5) is 12.5. The minimum Gasteiger partial charge on any atom is -0.479 e. The molecule has 132 valence electrons. The molecule has 3 rings (SSSR count). The topological polar surface area (TPSA) is 40.4 Å². The Morgan fingerprint density at radius 2 is 1.42 bits per heavy atom. The Balaban J connectivity index is 2.40. The lowest BCUT2D eigenvalue weighted by Gasteiger charge is -2.37. The molecule has 0 saturated carbocycles. The predicted molar refractivity (Wildman–Crippen MR) is 111 cm³/mol. The molecule has 0 radical (unpaired) electrons. The van der Waals surface area contributed by atoms with Gasteiger partial charge < -0.3 is 9.82 Å². The van der Waals surface area contributed by atoms with E-state index in [1.54, 1.807) is 0 Å². The number of ether oxygens (including phenoxy) is 1. The first-order valence-electron chi connectivity index (χ1n) is 8.44. The van der Waals surface area contributed by atoms with E-state index in [0.717, 1.165) is 21.5 Å². The summed E-state index contributed by atoms with van der Waals surface area (Å²) in [6.45, 7) is 2.03. The molecule has 0 unspecified atom stereocenters. The molecule has 0 aliphatic rings. The van der Waals surface area contributed by atoms with Crippen LogP contribution in [0.4, 0.5) is 0 Å². The lowest BCUT2D eigenvalue weighted by atomic mass is 10.1. The first-order valence-corrected chi connectivity index (χ1v) is 10.2. The summed E-state index contributed by atoms with van der Waals surface area (Å²) in [7, 11) is 0.920. The van der Waals surface area contributed by atoms with Crippen molar-refractivity contribution in [2.24, 2.45) is 0 Å². The van der Waals surface area contributed by atoms with Crippen LogP contribution in [0.3, 0.4) is 0 Å². The van der Waals surface area contributed by atoms with Crippen molar-refractivity contribution in [1.29, 1.82) is 0 Å². The molecule has 3 aromatic rings. The Morgan fingerprint density at radius 1 is 0.885 bits per heavy atom. The Morgan fingerprint density at radius 3 is 1.88 bits per heavy atom. The van der Waals surface area contributed by atoms with Gasteiger partial charge in [0.05, 0.1) is 17.7 Å². The molecule has 0 aromatic heterocycles. The van der Waals surface area contributed by atoms with Gasteiger partial charge in [-0.3, -0.25) is 0 Å². The summed E-state index contributed by atoms with van der Waals surface area (Å²) >= 11 is 0. The van der Waals surface area contributed by atoms with E-state index in [2.05, 4.69) is 30.3 Å². The third-order valence-electron chi connectivity index (χ3n) is 4.47. The predicted octanol–water partition coefficient (Wildman–Crippen LogP) is 3.99. The first-order chi connectivity index (χ1) is 12.6. The van der Waals surface area contributed by atoms with Crippen LogP contribution in [0.25, 0.3) is 5.09 Å². The van der Waals surface area contributed by atoms with Gasteiger partial charge in [-0.05, 0) is 48.9 Å². The zero-order chi connectivity index (χ0) is 18.6. The van der Waals surface area contributed by atoms with Crippen molar-refractivity contribution in [3.8, 4) is 0 Å². The average Bonchev–Trinajstić information content (AvgIpc) is 2.70. The molecule has 0 spiro atoms. The smallest absolute Gasteiger partial charge is 0.341 e. The summed E-state index contributed by atoms with van der Waals surface area (Å²) in [5.41, 5.74) is 1.66. The molecule has 3 aromatic carbocycles. The quantitative estimate of drug-likeness (QED) is 0.508. The maximum absolute atomic E-state index is 12.5. The average molecular weight is 363 g/mol. The van der Waals surface area contributed by atoms with Gasteiger partial charge in [0.15, 0.2) is 0 Å². The van der Waals surface area contributed by atoms with Crippen molar-refractivity contribution in [1.82, 2.24) is 0 Å². The molecule has 0 aliphatic heterocycles. The second kappa shape index (κ2) is 7.82. The van der Waals surface area contributed by atoms with Gasteiger partial charge in [-0.25, -0.2) is 4.79 Å². The highest BCUT2D eigenvalue weighted by molar-refractivity contribution is 7.98. The third-order valence-corrected chi connectivity index (χ3v) is 8.23. The van der Waals surface area contributed by atoms with E-state index >= 15 is 0 Å². The molecule has 3 nitrogen and oxygen atoms in total. The van der Waals surface area contributed by atoms with Gasteiger partial charge in [0, 0.05) is 7.41 Å². The summed E-state index contributed by atoms with van der Waals surface area (Å²) in [5.74, 6) is -0.333. The van der Waals surface area contributed by atoms with Crippen LogP contribution in [0, 0.1) is 6.92 Å². The van der Waals surface area contributed by atoms with Crippen molar-refractivity contribution in [2.75, 3.05) is 14.2 Å². The number of benzene rings is 3. The minimum absolute atomic E-state index is 0.333. The first kappa shape index (κ1) is 18.3. The van der Waals surface area contributed by atoms with Gasteiger partial charge in [-0.1, -0.05) is 42.5 Å². The Bertz CT molecular complexity index is 855. The Hall–Kier alpha value is -2.48. The summed E-state index contributed by atoms with van der Waals surface area (Å²) in [6.07, 6.45) is 0. The van der Waals surface area contributed by atoms with Crippen molar-refractivity contribution in [3.05, 3.63) is 95.1 Å². The van der Waals surface area contributed by atoms with Gasteiger partial charge in [0.2, 0.25) is 0 Å². The van der Waals surface area contributed by atoms with Crippen molar-refractivity contribution >= 4 is 29.3 Å². The molecule has 0 aliphatic carbocycles. The number of carbonyl (C=O) groups excluding carboxylic acids is 1. The highest BCUT2D eigenvalue weighted by Crippen LogP contribution is 2.60. The van der Waals surface area contributed by atoms with Crippen LogP contribution in [0.5, 0.6) is 0 Å². The third kappa shape index (κ3) is 3.16. The van der Waals surface area contributed by atoms with Gasteiger partial charge in [0.25, 0.3) is 0 Å². The molecule has 0 heterocycles. The molecule has 0 atom stereocenters. The summed E-state index contributed by atoms with van der Waals surface area (Å²) < 4.78 is 5.07. The maximum atomic E-state index is 12.5. The number of aryl methyl sites for hydroxylation is 1. The standard InChI is InChI=1S/C22H22NO2P/c1-17-14-15-20(22(24)25-3)21(16-17)26(23-2,18-10-6-4-7-11-18)19-12-8-5-9-13-19/h4-16H,1-3H3. The van der Waals surface area contributed by atoms with Crippen LogP contribution in [0.1, 0.15) is 15.9 Å². The molecule has 0 fully saturated rings. The monoisotopic (exact) mass is 363 g/mol. The van der Waals surface area contributed by atoms with E-state index in [-0.39, 0.29) is 5.97 Å². The number of nitrogens with zero attached hydrogens (tertiary/aromatic N) is 1. The highest BCUT2D eigenvalue weighted by atomic mass is 31.2. The van der Waals surface area contributed by atoms with Crippen molar-refractivity contribution in [3.63, 3.8) is 0 Å². The van der Waals surface area contributed by atoms with Crippen LogP contribution in [-0.4, -0.2) is 20.1 Å². The molecule has 4 heteroatoms. The van der Waals surface area contributed by atoms with Gasteiger partial charge >= 0.3 is 5.97 Å². The SMILES string of the molecule is C[N-][P+](c1ccccc1)(c1ccccc1)c1cc(C)ccc1C(=O)OC. The lowest BCUT2D eigenvalue weighted by Crippen LogP contribution is -2.33. The summed E-state index contributed by atoms with van der Waals surface area (Å²) in [6, 6.07) is 26.3. The zero-order valence-corrected chi connectivity index (χ0v) is 16.1. The molecule has 0 amide bonds. The highest BCUT2D eigenvalue weighted by Gasteiger charge is 2.39. The fourth-order valence-corrected chi connectivity index (χ4v) is 6.89. The second-order valence-electron chi connectivity index (χ2n) is 6.02. The van der Waals surface area contributed by atoms with Gasteiger partial charge in [-0.15, -0.1) is 7.05 Å². The van der Waals surface area contributed by atoms with Crippen LogP contribution >= 0.6 is 7.41 Å². The summed E-state index contributed by atoms with van der Waals surface area (Å²) in [5, 5.41) is 8.12. The van der Waals surface area contributed by atoms with E-state index in [4.69, 9.17) is 9.82 Å². The number of methoxy groups -OCH3 is 1. The van der Waals surface area contributed by atoms with Crippen LogP contribution in [-0.2, 0) is 4.74 Å². The number of rotatable bonds is 5. The van der Waals surface area contributed by atoms with E-state index < -0.39 is 7.41 Å². The van der Waals surface area contributed by atoms with E-state index in [9.17, 15) is 4.79 Å². The van der Waals surface area contributed by atoms with Gasteiger partial charge in [-0.2, -0.15) is 0 Å². The van der Waals surface area contributed by atoms with E-state index in [0.29, 0.717) is 5.56 Å². The fraction of sp³-hybridized carbons (Fsp3) is 0.136. The van der Waals surface area contributed by atoms with Crippen LogP contribution < -0.4 is 15.9 Å². The normalized spacial score (nSPS) is 11.2. The second-order valence-corrected chi connectivity index (χ2v) is 9.20. The van der Waals surface area contributed by atoms with Gasteiger partial charge in [0.1, 0.15) is 10.9 Å². The van der Waals surface area contributed by atoms with Crippen LogP contribution in [0.2, 0.25) is 0 Å². The number of hydrogen-bond acceptors (Lipinski definition) is 2. The maximum Gasteiger partial charge on any atom is 0.341 e.